The van der Waals surface area contributed by atoms with Crippen LogP contribution < -0.4 is 0 Å². The summed E-state index contributed by atoms with van der Waals surface area (Å²) < 4.78 is 10.3. The Morgan fingerprint density at radius 1 is 1.32 bits per heavy atom. The molecule has 0 saturated heterocycles. The molecule has 0 saturated carbocycles. The second-order valence-corrected chi connectivity index (χ2v) is 6.14. The zero-order valence-corrected chi connectivity index (χ0v) is 14.6. The first-order valence-electron chi connectivity index (χ1n) is 7.94. The molecule has 1 amide bonds. The molecule has 1 aromatic heterocycles. The highest BCUT2D eigenvalue weighted by atomic mass is 35.5. The van der Waals surface area contributed by atoms with Gasteiger partial charge in [-0.1, -0.05) is 35.5 Å². The minimum Gasteiger partial charge on any atom is -0.443 e. The molecule has 1 aliphatic heterocycles. The molecule has 0 bridgehead atoms. The summed E-state index contributed by atoms with van der Waals surface area (Å²) >= 11 is 5.80. The first kappa shape index (κ1) is 17.5. The number of amides is 1. The molecule has 3 rings (SSSR count). The van der Waals surface area contributed by atoms with Gasteiger partial charge in [0.15, 0.2) is 17.1 Å². The van der Waals surface area contributed by atoms with Crippen LogP contribution in [0.4, 0.5) is 0 Å². The van der Waals surface area contributed by atoms with Gasteiger partial charge in [-0.05, 0) is 29.3 Å². The zero-order chi connectivity index (χ0) is 17.6. The minimum atomic E-state index is -0.233. The van der Waals surface area contributed by atoms with E-state index in [1.54, 1.807) is 17.0 Å². The SMILES string of the molecule is COCC(=O)N(Cc1ccccc1)C[C@H]1CC(c2ccc(Cl)o2)=NO1. The molecule has 0 radical (unpaired) electrons. The van der Waals surface area contributed by atoms with Gasteiger partial charge in [-0.3, -0.25) is 4.79 Å². The summed E-state index contributed by atoms with van der Waals surface area (Å²) in [7, 11) is 1.51. The van der Waals surface area contributed by atoms with E-state index < -0.39 is 0 Å². The highest BCUT2D eigenvalue weighted by molar-refractivity contribution is 6.29. The summed E-state index contributed by atoms with van der Waals surface area (Å²) in [5.74, 6) is 0.495. The number of hydrogen-bond donors (Lipinski definition) is 0. The lowest BCUT2D eigenvalue weighted by Gasteiger charge is -2.24. The van der Waals surface area contributed by atoms with Gasteiger partial charge in [0.05, 0.1) is 6.54 Å². The maximum Gasteiger partial charge on any atom is 0.248 e. The first-order chi connectivity index (χ1) is 12.2. The van der Waals surface area contributed by atoms with Gasteiger partial charge in [-0.25, -0.2) is 0 Å². The summed E-state index contributed by atoms with van der Waals surface area (Å²) in [6, 6.07) is 13.2. The smallest absolute Gasteiger partial charge is 0.248 e. The first-order valence-corrected chi connectivity index (χ1v) is 8.32. The van der Waals surface area contributed by atoms with E-state index in [2.05, 4.69) is 5.16 Å². The number of hydrogen-bond acceptors (Lipinski definition) is 5. The van der Waals surface area contributed by atoms with E-state index >= 15 is 0 Å². The van der Waals surface area contributed by atoms with Crippen LogP contribution >= 0.6 is 11.6 Å². The van der Waals surface area contributed by atoms with Crippen LogP contribution in [0.3, 0.4) is 0 Å². The Labute approximate surface area is 150 Å². The van der Waals surface area contributed by atoms with E-state index in [9.17, 15) is 4.79 Å². The number of halogens is 1. The van der Waals surface area contributed by atoms with Crippen molar-refractivity contribution in [2.45, 2.75) is 19.1 Å². The van der Waals surface area contributed by atoms with Crippen molar-refractivity contribution in [1.82, 2.24) is 4.90 Å². The predicted molar refractivity (Wildman–Crippen MR) is 93.5 cm³/mol. The number of nitrogens with zero attached hydrogens (tertiary/aromatic N) is 2. The van der Waals surface area contributed by atoms with E-state index in [1.807, 2.05) is 30.3 Å². The second-order valence-electron chi connectivity index (χ2n) is 5.77. The molecule has 0 unspecified atom stereocenters. The third-order valence-corrected chi connectivity index (χ3v) is 4.05. The van der Waals surface area contributed by atoms with Crippen LogP contribution in [0, 0.1) is 0 Å². The third-order valence-electron chi connectivity index (χ3n) is 3.85. The Balaban J connectivity index is 1.63. The summed E-state index contributed by atoms with van der Waals surface area (Å²) in [6.07, 6.45) is 0.318. The van der Waals surface area contributed by atoms with E-state index in [-0.39, 0.29) is 18.6 Å². The molecule has 25 heavy (non-hydrogen) atoms. The Morgan fingerprint density at radius 3 is 2.80 bits per heavy atom. The normalized spacial score (nSPS) is 16.4. The van der Waals surface area contributed by atoms with Crippen molar-refractivity contribution in [2.24, 2.45) is 5.16 Å². The monoisotopic (exact) mass is 362 g/mol. The molecular formula is C18H19ClN2O4. The molecule has 1 aromatic carbocycles. The summed E-state index contributed by atoms with van der Waals surface area (Å²) in [4.78, 5) is 19.6. The molecule has 6 nitrogen and oxygen atoms in total. The van der Waals surface area contributed by atoms with Crippen molar-refractivity contribution in [3.05, 3.63) is 59.0 Å². The standard InChI is InChI=1S/C18H19ClN2O4/c1-23-12-18(22)21(10-13-5-3-2-4-6-13)11-14-9-15(20-25-14)16-7-8-17(19)24-16/h2-8,14H,9-12H2,1H3/t14-/m1/s1. The van der Waals surface area contributed by atoms with Gasteiger partial charge < -0.3 is 18.9 Å². The average Bonchev–Trinajstić information content (AvgIpc) is 3.24. The minimum absolute atomic E-state index is 0.0288. The van der Waals surface area contributed by atoms with Crippen LogP contribution in [-0.2, 0) is 20.9 Å². The molecule has 0 fully saturated rings. The summed E-state index contributed by atoms with van der Waals surface area (Å²) in [6.45, 7) is 0.935. The molecule has 132 valence electrons. The van der Waals surface area contributed by atoms with E-state index in [0.717, 1.165) is 5.56 Å². The van der Waals surface area contributed by atoms with Gasteiger partial charge in [0.25, 0.3) is 0 Å². The highest BCUT2D eigenvalue weighted by Gasteiger charge is 2.28. The molecular weight excluding hydrogens is 344 g/mol. The van der Waals surface area contributed by atoms with E-state index in [0.29, 0.717) is 36.2 Å². The number of furan rings is 1. The van der Waals surface area contributed by atoms with Crippen LogP contribution in [0.2, 0.25) is 5.22 Å². The number of rotatable bonds is 7. The largest absolute Gasteiger partial charge is 0.443 e. The zero-order valence-electron chi connectivity index (χ0n) is 13.9. The summed E-state index contributed by atoms with van der Waals surface area (Å²) in [5, 5.41) is 4.37. The number of ether oxygens (including phenoxy) is 1. The molecule has 1 aliphatic rings. The second kappa shape index (κ2) is 8.18. The van der Waals surface area contributed by atoms with Crippen LogP contribution in [0.25, 0.3) is 0 Å². The number of benzene rings is 1. The molecule has 2 heterocycles. The predicted octanol–water partition coefficient (Wildman–Crippen LogP) is 3.10. The fourth-order valence-corrected chi connectivity index (χ4v) is 2.81. The van der Waals surface area contributed by atoms with Gasteiger partial charge in [-0.15, -0.1) is 0 Å². The number of oxime groups is 1. The fourth-order valence-electron chi connectivity index (χ4n) is 2.66. The van der Waals surface area contributed by atoms with E-state index in [4.69, 9.17) is 25.6 Å². The Bertz CT molecular complexity index is 745. The molecule has 0 aliphatic carbocycles. The van der Waals surface area contributed by atoms with Gasteiger partial charge in [-0.2, -0.15) is 0 Å². The molecule has 0 spiro atoms. The lowest BCUT2D eigenvalue weighted by molar-refractivity contribution is -0.137. The van der Waals surface area contributed by atoms with Crippen molar-refractivity contribution in [2.75, 3.05) is 20.3 Å². The van der Waals surface area contributed by atoms with Crippen LogP contribution in [0.5, 0.6) is 0 Å². The van der Waals surface area contributed by atoms with Crippen molar-refractivity contribution < 1.29 is 18.8 Å². The number of carbonyl (C=O) groups excluding carboxylic acids is 1. The third kappa shape index (κ3) is 4.61. The number of methoxy groups -OCH3 is 1. The van der Waals surface area contributed by atoms with Crippen molar-refractivity contribution >= 4 is 23.2 Å². The molecule has 2 aromatic rings. The van der Waals surface area contributed by atoms with Crippen molar-refractivity contribution in [1.29, 1.82) is 0 Å². The van der Waals surface area contributed by atoms with Gasteiger partial charge in [0, 0.05) is 20.1 Å². The topological polar surface area (TPSA) is 64.3 Å². The van der Waals surface area contributed by atoms with Crippen LogP contribution in [0.15, 0.2) is 52.0 Å². The van der Waals surface area contributed by atoms with Crippen molar-refractivity contribution in [3.63, 3.8) is 0 Å². The molecule has 7 heteroatoms. The lowest BCUT2D eigenvalue weighted by atomic mass is 10.1. The Kier molecular flexibility index (Phi) is 5.73. The van der Waals surface area contributed by atoms with Gasteiger partial charge in [0.1, 0.15) is 12.3 Å². The Hall–Kier alpha value is -2.31. The van der Waals surface area contributed by atoms with Gasteiger partial charge >= 0.3 is 0 Å². The lowest BCUT2D eigenvalue weighted by Crippen LogP contribution is -2.39. The maximum absolute atomic E-state index is 12.4. The highest BCUT2D eigenvalue weighted by Crippen LogP contribution is 2.22. The quantitative estimate of drug-likeness (QED) is 0.759. The van der Waals surface area contributed by atoms with Crippen LogP contribution in [0.1, 0.15) is 17.7 Å². The van der Waals surface area contributed by atoms with Crippen LogP contribution in [-0.4, -0.2) is 42.9 Å². The van der Waals surface area contributed by atoms with Gasteiger partial charge in [0.2, 0.25) is 5.91 Å². The summed E-state index contributed by atoms with van der Waals surface area (Å²) in [5.41, 5.74) is 1.74. The number of carbonyl (C=O) groups is 1. The fraction of sp³-hybridized carbons (Fsp3) is 0.333. The maximum atomic E-state index is 12.4. The van der Waals surface area contributed by atoms with E-state index in [1.165, 1.54) is 7.11 Å². The molecule has 0 N–H and O–H groups in total. The Morgan fingerprint density at radius 2 is 2.12 bits per heavy atom. The molecule has 1 atom stereocenters. The van der Waals surface area contributed by atoms with Crippen molar-refractivity contribution in [3.8, 4) is 0 Å². The average molecular weight is 363 g/mol.